The molecule has 1 fully saturated rings. The van der Waals surface area contributed by atoms with Gasteiger partial charge in [-0.1, -0.05) is 0 Å². The Morgan fingerprint density at radius 3 is 2.74 bits per heavy atom. The van der Waals surface area contributed by atoms with Crippen molar-refractivity contribution in [3.8, 4) is 0 Å². The van der Waals surface area contributed by atoms with Crippen LogP contribution in [0.5, 0.6) is 0 Å². The molecule has 0 radical (unpaired) electrons. The molecule has 0 aromatic carbocycles. The van der Waals surface area contributed by atoms with Gasteiger partial charge < -0.3 is 15.0 Å². The van der Waals surface area contributed by atoms with E-state index in [4.69, 9.17) is 4.74 Å². The average molecular weight is 322 g/mol. The Morgan fingerprint density at radius 1 is 1.48 bits per heavy atom. The number of aryl methyl sites for hydroxylation is 1. The van der Waals surface area contributed by atoms with Crippen LogP contribution in [0.25, 0.3) is 0 Å². The molecule has 0 spiro atoms. The molecule has 1 aromatic rings. The predicted molar refractivity (Wildman–Crippen MR) is 90.2 cm³/mol. The monoisotopic (exact) mass is 322 g/mol. The lowest BCUT2D eigenvalue weighted by Crippen LogP contribution is -2.55. The van der Waals surface area contributed by atoms with E-state index in [-0.39, 0.29) is 18.2 Å². The van der Waals surface area contributed by atoms with Crippen LogP contribution in [0.2, 0.25) is 0 Å². The van der Waals surface area contributed by atoms with Crippen LogP contribution < -0.4 is 5.32 Å². The number of carbonyl (C=O) groups is 1. The molecule has 1 aliphatic heterocycles. The van der Waals surface area contributed by atoms with Gasteiger partial charge in [0.15, 0.2) is 0 Å². The maximum absolute atomic E-state index is 12.4. The number of nitrogens with one attached hydrogen (secondary N) is 1. The standard InChI is InChI=1S/C17H30N4O2/c1-12-14(11-19-20(12)6)10-18-15-8-7-9-21(13(15)2)16(22)23-17(3,4)5/h11,13,15,18H,7-10H2,1-6H3. The van der Waals surface area contributed by atoms with Gasteiger partial charge >= 0.3 is 6.09 Å². The fraction of sp³-hybridized carbons (Fsp3) is 0.765. The van der Waals surface area contributed by atoms with Gasteiger partial charge in [-0.25, -0.2) is 4.79 Å². The minimum absolute atomic E-state index is 0.121. The molecule has 23 heavy (non-hydrogen) atoms. The molecular weight excluding hydrogens is 292 g/mol. The molecule has 1 aromatic heterocycles. The highest BCUT2D eigenvalue weighted by Crippen LogP contribution is 2.21. The first-order valence-corrected chi connectivity index (χ1v) is 8.39. The molecule has 1 N–H and O–H groups in total. The Kier molecular flexibility index (Phi) is 5.34. The molecule has 1 saturated heterocycles. The van der Waals surface area contributed by atoms with E-state index in [9.17, 15) is 4.79 Å². The fourth-order valence-corrected chi connectivity index (χ4v) is 2.95. The van der Waals surface area contributed by atoms with Crippen molar-refractivity contribution < 1.29 is 9.53 Å². The van der Waals surface area contributed by atoms with Crippen LogP contribution in [0.15, 0.2) is 6.20 Å². The second-order valence-corrected chi connectivity index (χ2v) is 7.42. The topological polar surface area (TPSA) is 59.4 Å². The molecule has 2 rings (SSSR count). The minimum Gasteiger partial charge on any atom is -0.444 e. The molecule has 0 saturated carbocycles. The van der Waals surface area contributed by atoms with E-state index in [1.54, 1.807) is 0 Å². The zero-order chi connectivity index (χ0) is 17.2. The molecule has 2 heterocycles. The Morgan fingerprint density at radius 2 is 2.17 bits per heavy atom. The van der Waals surface area contributed by atoms with Crippen molar-refractivity contribution in [1.29, 1.82) is 0 Å². The fourth-order valence-electron chi connectivity index (χ4n) is 2.95. The van der Waals surface area contributed by atoms with Crippen molar-refractivity contribution in [2.75, 3.05) is 6.54 Å². The van der Waals surface area contributed by atoms with Gasteiger partial charge in [0, 0.05) is 43.5 Å². The zero-order valence-corrected chi connectivity index (χ0v) is 15.2. The van der Waals surface area contributed by atoms with Crippen LogP contribution >= 0.6 is 0 Å². The molecule has 6 nitrogen and oxygen atoms in total. The zero-order valence-electron chi connectivity index (χ0n) is 15.2. The van der Waals surface area contributed by atoms with Gasteiger partial charge in [0.1, 0.15) is 5.60 Å². The van der Waals surface area contributed by atoms with Crippen LogP contribution in [0.1, 0.15) is 51.8 Å². The highest BCUT2D eigenvalue weighted by atomic mass is 16.6. The van der Waals surface area contributed by atoms with Gasteiger partial charge in [0.2, 0.25) is 0 Å². The summed E-state index contributed by atoms with van der Waals surface area (Å²) in [6, 6.07) is 0.395. The molecule has 0 bridgehead atoms. The number of rotatable bonds is 3. The lowest BCUT2D eigenvalue weighted by atomic mass is 9.97. The summed E-state index contributed by atoms with van der Waals surface area (Å²) >= 11 is 0. The number of aromatic nitrogens is 2. The Bertz CT molecular complexity index is 547. The van der Waals surface area contributed by atoms with Gasteiger partial charge in [-0.05, 0) is 47.5 Å². The molecule has 1 amide bonds. The molecule has 6 heteroatoms. The Hall–Kier alpha value is -1.56. The van der Waals surface area contributed by atoms with Crippen molar-refractivity contribution in [2.45, 2.75) is 71.7 Å². The van der Waals surface area contributed by atoms with Crippen molar-refractivity contribution in [1.82, 2.24) is 20.0 Å². The number of likely N-dealkylation sites (tertiary alicyclic amines) is 1. The Labute approximate surface area is 139 Å². The van der Waals surface area contributed by atoms with Gasteiger partial charge in [-0.3, -0.25) is 4.68 Å². The summed E-state index contributed by atoms with van der Waals surface area (Å²) in [7, 11) is 1.95. The normalized spacial score (nSPS) is 22.3. The van der Waals surface area contributed by atoms with Gasteiger partial charge in [0.25, 0.3) is 0 Å². The maximum atomic E-state index is 12.4. The van der Waals surface area contributed by atoms with E-state index in [2.05, 4.69) is 24.3 Å². The lowest BCUT2D eigenvalue weighted by molar-refractivity contribution is 0.00698. The van der Waals surface area contributed by atoms with Gasteiger partial charge in [-0.15, -0.1) is 0 Å². The van der Waals surface area contributed by atoms with E-state index in [0.717, 1.165) is 25.9 Å². The molecule has 2 atom stereocenters. The van der Waals surface area contributed by atoms with Crippen molar-refractivity contribution in [2.24, 2.45) is 7.05 Å². The third-order valence-electron chi connectivity index (χ3n) is 4.51. The second kappa shape index (κ2) is 6.91. The first kappa shape index (κ1) is 17.8. The summed E-state index contributed by atoms with van der Waals surface area (Å²) in [5, 5.41) is 7.86. The van der Waals surface area contributed by atoms with Gasteiger partial charge in [0.05, 0.1) is 6.20 Å². The summed E-state index contributed by atoms with van der Waals surface area (Å²) in [6.07, 6.45) is 3.75. The lowest BCUT2D eigenvalue weighted by Gasteiger charge is -2.40. The first-order chi connectivity index (χ1) is 10.7. The van der Waals surface area contributed by atoms with Crippen LogP contribution in [-0.4, -0.2) is 45.0 Å². The van der Waals surface area contributed by atoms with Gasteiger partial charge in [-0.2, -0.15) is 5.10 Å². The number of carbonyl (C=O) groups excluding carboxylic acids is 1. The van der Waals surface area contributed by atoms with E-state index >= 15 is 0 Å². The van der Waals surface area contributed by atoms with Crippen molar-refractivity contribution in [3.63, 3.8) is 0 Å². The minimum atomic E-state index is -0.454. The van der Waals surface area contributed by atoms with Crippen LogP contribution in [0.3, 0.4) is 0 Å². The highest BCUT2D eigenvalue weighted by Gasteiger charge is 2.33. The maximum Gasteiger partial charge on any atom is 0.410 e. The molecule has 1 aliphatic rings. The third-order valence-corrected chi connectivity index (χ3v) is 4.51. The number of ether oxygens (including phenoxy) is 1. The summed E-state index contributed by atoms with van der Waals surface area (Å²) in [5.41, 5.74) is 1.92. The number of hydrogen-bond donors (Lipinski definition) is 1. The SMILES string of the molecule is Cc1c(CNC2CCCN(C(=O)OC(C)(C)C)C2C)cnn1C. The number of amides is 1. The highest BCUT2D eigenvalue weighted by molar-refractivity contribution is 5.68. The van der Waals surface area contributed by atoms with E-state index in [1.165, 1.54) is 11.3 Å². The molecular formula is C17H30N4O2. The summed E-state index contributed by atoms with van der Waals surface area (Å²) < 4.78 is 7.41. The summed E-state index contributed by atoms with van der Waals surface area (Å²) in [4.78, 5) is 14.2. The van der Waals surface area contributed by atoms with Crippen LogP contribution in [0.4, 0.5) is 4.79 Å². The number of hydrogen-bond acceptors (Lipinski definition) is 4. The molecule has 2 unspecified atom stereocenters. The van der Waals surface area contributed by atoms with Crippen molar-refractivity contribution in [3.05, 3.63) is 17.5 Å². The smallest absolute Gasteiger partial charge is 0.410 e. The predicted octanol–water partition coefficient (Wildman–Crippen LogP) is 2.61. The van der Waals surface area contributed by atoms with Crippen molar-refractivity contribution >= 4 is 6.09 Å². The van der Waals surface area contributed by atoms with E-state index in [0.29, 0.717) is 0 Å². The number of nitrogens with zero attached hydrogens (tertiary/aromatic N) is 3. The van der Waals surface area contributed by atoms with Crippen LogP contribution in [-0.2, 0) is 18.3 Å². The average Bonchev–Trinajstić information content (AvgIpc) is 2.76. The summed E-state index contributed by atoms with van der Waals surface area (Å²) in [5.74, 6) is 0. The second-order valence-electron chi connectivity index (χ2n) is 7.42. The Balaban J connectivity index is 1.95. The largest absolute Gasteiger partial charge is 0.444 e. The van der Waals surface area contributed by atoms with E-state index < -0.39 is 5.60 Å². The number of piperidine rings is 1. The van der Waals surface area contributed by atoms with E-state index in [1.807, 2.05) is 43.6 Å². The molecule has 0 aliphatic carbocycles. The third kappa shape index (κ3) is 4.47. The summed E-state index contributed by atoms with van der Waals surface area (Å²) in [6.45, 7) is 11.4. The quantitative estimate of drug-likeness (QED) is 0.929. The van der Waals surface area contributed by atoms with Crippen LogP contribution in [0, 0.1) is 6.92 Å². The molecule has 130 valence electrons. The first-order valence-electron chi connectivity index (χ1n) is 8.39.